The fraction of sp³-hybridized carbons (Fsp3) is 0.308. The molecule has 96 valence electrons. The number of hydrogen-bond acceptors (Lipinski definition) is 3. The van der Waals surface area contributed by atoms with Crippen LogP contribution in [0.25, 0.3) is 0 Å². The Kier molecular flexibility index (Phi) is 4.80. The molecule has 0 aliphatic carbocycles. The van der Waals surface area contributed by atoms with Crippen LogP contribution in [0.15, 0.2) is 31.8 Å². The van der Waals surface area contributed by atoms with Gasteiger partial charge in [0.1, 0.15) is 5.78 Å². The van der Waals surface area contributed by atoms with Crippen LogP contribution >= 0.6 is 54.5 Å². The maximum Gasteiger partial charge on any atom is 0.148 e. The lowest BCUT2D eigenvalue weighted by molar-refractivity contribution is -0.121. The van der Waals surface area contributed by atoms with Gasteiger partial charge in [-0.2, -0.15) is 0 Å². The number of carbonyl (C=O) groups excluding carboxylic acids is 1. The van der Waals surface area contributed by atoms with E-state index in [0.717, 1.165) is 17.3 Å². The summed E-state index contributed by atoms with van der Waals surface area (Å²) in [7, 11) is 0. The van der Waals surface area contributed by atoms with Crippen molar-refractivity contribution in [3.8, 4) is 0 Å². The minimum Gasteiger partial charge on any atom is -0.298 e. The molecule has 2 rings (SSSR count). The third-order valence-corrected chi connectivity index (χ3v) is 6.51. The average Bonchev–Trinajstić information content (AvgIpc) is 2.95. The van der Waals surface area contributed by atoms with E-state index in [1.807, 2.05) is 38.1 Å². The van der Waals surface area contributed by atoms with Gasteiger partial charge in [-0.1, -0.05) is 13.8 Å². The highest BCUT2D eigenvalue weighted by molar-refractivity contribution is 9.11. The van der Waals surface area contributed by atoms with Crippen molar-refractivity contribution in [2.75, 3.05) is 0 Å². The molecule has 0 saturated carbocycles. The van der Waals surface area contributed by atoms with E-state index in [1.165, 1.54) is 0 Å². The molecule has 0 saturated heterocycles. The SMILES string of the molecule is CC(C(=O)C(C)c1ccc(Br)s1)c1ccc(Br)s1. The zero-order valence-corrected chi connectivity index (χ0v) is 14.7. The van der Waals surface area contributed by atoms with Crippen LogP contribution < -0.4 is 0 Å². The van der Waals surface area contributed by atoms with Crippen LogP contribution in [-0.4, -0.2) is 5.78 Å². The van der Waals surface area contributed by atoms with Gasteiger partial charge in [0.2, 0.25) is 0 Å². The van der Waals surface area contributed by atoms with E-state index in [1.54, 1.807) is 22.7 Å². The molecule has 0 aliphatic rings. The Hall–Kier alpha value is 0.0300. The molecule has 0 bridgehead atoms. The summed E-state index contributed by atoms with van der Waals surface area (Å²) in [6, 6.07) is 8.04. The van der Waals surface area contributed by atoms with E-state index < -0.39 is 0 Å². The van der Waals surface area contributed by atoms with Crippen LogP contribution in [0.3, 0.4) is 0 Å². The summed E-state index contributed by atoms with van der Waals surface area (Å²) >= 11 is 10.1. The fourth-order valence-electron chi connectivity index (χ4n) is 1.78. The maximum absolute atomic E-state index is 12.4. The number of carbonyl (C=O) groups is 1. The van der Waals surface area contributed by atoms with Crippen LogP contribution in [-0.2, 0) is 4.79 Å². The molecule has 0 aromatic carbocycles. The number of Topliss-reactive ketones (excluding diaryl/α,β-unsaturated/α-hetero) is 1. The minimum absolute atomic E-state index is 0.0443. The highest BCUT2D eigenvalue weighted by atomic mass is 79.9. The second kappa shape index (κ2) is 5.99. The minimum atomic E-state index is -0.0443. The zero-order valence-electron chi connectivity index (χ0n) is 9.94. The highest BCUT2D eigenvalue weighted by Crippen LogP contribution is 2.35. The number of rotatable bonds is 4. The van der Waals surface area contributed by atoms with Gasteiger partial charge in [0.05, 0.1) is 7.57 Å². The zero-order chi connectivity index (χ0) is 13.3. The van der Waals surface area contributed by atoms with E-state index in [2.05, 4.69) is 31.9 Å². The summed E-state index contributed by atoms with van der Waals surface area (Å²) in [6.45, 7) is 3.97. The van der Waals surface area contributed by atoms with E-state index in [4.69, 9.17) is 0 Å². The van der Waals surface area contributed by atoms with Crippen LogP contribution in [0.5, 0.6) is 0 Å². The molecule has 2 atom stereocenters. The molecule has 0 radical (unpaired) electrons. The van der Waals surface area contributed by atoms with Crippen molar-refractivity contribution in [1.82, 2.24) is 0 Å². The quantitative estimate of drug-likeness (QED) is 0.624. The van der Waals surface area contributed by atoms with Gasteiger partial charge in [-0.15, -0.1) is 22.7 Å². The first kappa shape index (κ1) is 14.4. The average molecular weight is 408 g/mol. The van der Waals surface area contributed by atoms with Crippen molar-refractivity contribution < 1.29 is 4.79 Å². The molecule has 0 spiro atoms. The van der Waals surface area contributed by atoms with Crippen molar-refractivity contribution in [2.24, 2.45) is 0 Å². The van der Waals surface area contributed by atoms with Crippen molar-refractivity contribution in [1.29, 1.82) is 0 Å². The molecular weight excluding hydrogens is 396 g/mol. The Morgan fingerprint density at radius 2 is 1.33 bits per heavy atom. The van der Waals surface area contributed by atoms with Crippen LogP contribution in [0.4, 0.5) is 0 Å². The third-order valence-electron chi connectivity index (χ3n) is 2.90. The first-order valence-corrected chi connectivity index (χ1v) is 8.75. The van der Waals surface area contributed by atoms with E-state index >= 15 is 0 Å². The smallest absolute Gasteiger partial charge is 0.148 e. The number of halogens is 2. The van der Waals surface area contributed by atoms with Gasteiger partial charge in [0.15, 0.2) is 0 Å². The number of thiophene rings is 2. The summed E-state index contributed by atoms with van der Waals surface area (Å²) in [4.78, 5) is 14.7. The summed E-state index contributed by atoms with van der Waals surface area (Å²) < 4.78 is 2.15. The first-order valence-electron chi connectivity index (χ1n) is 5.53. The van der Waals surface area contributed by atoms with E-state index in [-0.39, 0.29) is 17.6 Å². The van der Waals surface area contributed by atoms with Crippen molar-refractivity contribution >= 4 is 60.3 Å². The second-order valence-corrected chi connectivity index (χ2v) is 9.12. The van der Waals surface area contributed by atoms with E-state index in [0.29, 0.717) is 0 Å². The first-order chi connectivity index (χ1) is 8.49. The molecule has 5 heteroatoms. The summed E-state index contributed by atoms with van der Waals surface area (Å²) in [5, 5.41) is 0. The molecule has 2 unspecified atom stereocenters. The molecule has 18 heavy (non-hydrogen) atoms. The molecule has 1 nitrogen and oxygen atoms in total. The fourth-order valence-corrected chi connectivity index (χ4v) is 4.74. The lowest BCUT2D eigenvalue weighted by Crippen LogP contribution is -2.14. The van der Waals surface area contributed by atoms with Gasteiger partial charge in [0.25, 0.3) is 0 Å². The molecule has 2 aromatic rings. The van der Waals surface area contributed by atoms with Gasteiger partial charge >= 0.3 is 0 Å². The van der Waals surface area contributed by atoms with Crippen LogP contribution in [0.1, 0.15) is 35.4 Å². The number of ketones is 1. The lowest BCUT2D eigenvalue weighted by Gasteiger charge is -2.13. The molecule has 2 heterocycles. The topological polar surface area (TPSA) is 17.1 Å². The Balaban J connectivity index is 2.16. The Morgan fingerprint density at radius 3 is 1.61 bits per heavy atom. The van der Waals surface area contributed by atoms with Gasteiger partial charge < -0.3 is 0 Å². The van der Waals surface area contributed by atoms with Gasteiger partial charge in [-0.3, -0.25) is 4.79 Å². The van der Waals surface area contributed by atoms with Crippen LogP contribution in [0.2, 0.25) is 0 Å². The molecule has 0 N–H and O–H groups in total. The number of hydrogen-bond donors (Lipinski definition) is 0. The monoisotopic (exact) mass is 406 g/mol. The molecule has 2 aromatic heterocycles. The highest BCUT2D eigenvalue weighted by Gasteiger charge is 2.24. The Labute approximate surface area is 131 Å². The predicted molar refractivity (Wildman–Crippen MR) is 85.9 cm³/mol. The Bertz CT molecular complexity index is 511. The predicted octanol–water partition coefficient (Wildman–Crippen LogP) is 5.81. The molecule has 0 fully saturated rings. The lowest BCUT2D eigenvalue weighted by atomic mass is 9.93. The summed E-state index contributed by atoms with van der Waals surface area (Å²) in [5.74, 6) is 0.188. The summed E-state index contributed by atoms with van der Waals surface area (Å²) in [6.07, 6.45) is 0. The van der Waals surface area contributed by atoms with Crippen molar-refractivity contribution in [3.05, 3.63) is 41.6 Å². The molecule has 0 amide bonds. The molecular formula is C13H12Br2OS2. The van der Waals surface area contributed by atoms with Gasteiger partial charge in [-0.25, -0.2) is 0 Å². The third kappa shape index (κ3) is 3.13. The van der Waals surface area contributed by atoms with Gasteiger partial charge in [-0.05, 0) is 56.1 Å². The Morgan fingerprint density at radius 1 is 0.944 bits per heavy atom. The normalized spacial score (nSPS) is 14.4. The van der Waals surface area contributed by atoms with Crippen LogP contribution in [0, 0.1) is 0 Å². The van der Waals surface area contributed by atoms with E-state index in [9.17, 15) is 4.79 Å². The maximum atomic E-state index is 12.4. The second-order valence-electron chi connectivity index (χ2n) is 4.13. The summed E-state index contributed by atoms with van der Waals surface area (Å²) in [5.41, 5.74) is 0. The van der Waals surface area contributed by atoms with Crippen molar-refractivity contribution in [3.63, 3.8) is 0 Å². The standard InChI is InChI=1S/C13H12Br2OS2/c1-7(9-3-5-11(14)17-9)13(16)8(2)10-4-6-12(15)18-10/h3-8H,1-2H3. The molecule has 0 aliphatic heterocycles. The van der Waals surface area contributed by atoms with Gasteiger partial charge in [0, 0.05) is 21.6 Å². The van der Waals surface area contributed by atoms with Crippen molar-refractivity contribution in [2.45, 2.75) is 25.7 Å². The largest absolute Gasteiger partial charge is 0.298 e.